The molecule has 114 valence electrons. The first-order valence-electron chi connectivity index (χ1n) is 7.74. The van der Waals surface area contributed by atoms with Gasteiger partial charge in [-0.25, -0.2) is 0 Å². The van der Waals surface area contributed by atoms with E-state index in [9.17, 15) is 4.79 Å². The van der Waals surface area contributed by atoms with Crippen LogP contribution in [0.5, 0.6) is 5.75 Å². The van der Waals surface area contributed by atoms with Crippen LogP contribution in [0.25, 0.3) is 0 Å². The molecule has 1 aromatic carbocycles. The summed E-state index contributed by atoms with van der Waals surface area (Å²) in [6.45, 7) is 7.00. The molecule has 1 aromatic rings. The SMILES string of the molecule is CC(C)Oc1ccccc1CN1CC([C@@H]2C[C@H]2C(=O)O)C1. The molecule has 21 heavy (non-hydrogen) atoms. The molecule has 0 radical (unpaired) electrons. The molecule has 2 fully saturated rings. The van der Waals surface area contributed by atoms with Crippen molar-refractivity contribution in [1.29, 1.82) is 0 Å². The molecule has 2 atom stereocenters. The summed E-state index contributed by atoms with van der Waals surface area (Å²) in [6.07, 6.45) is 1.05. The van der Waals surface area contributed by atoms with E-state index in [1.165, 1.54) is 5.56 Å². The van der Waals surface area contributed by atoms with Gasteiger partial charge in [-0.15, -0.1) is 0 Å². The standard InChI is InChI=1S/C17H23NO3/c1-11(2)21-16-6-4-3-5-12(16)8-18-9-13(10-18)14-7-15(14)17(19)20/h3-6,11,13-15H,7-10H2,1-2H3,(H,19,20)/t14-,15+/m0/s1. The normalized spacial score (nSPS) is 25.7. The summed E-state index contributed by atoms with van der Waals surface area (Å²) in [4.78, 5) is 13.3. The lowest BCUT2D eigenvalue weighted by Gasteiger charge is -2.40. The number of hydrogen-bond donors (Lipinski definition) is 1. The van der Waals surface area contributed by atoms with Gasteiger partial charge in [0.25, 0.3) is 0 Å². The summed E-state index contributed by atoms with van der Waals surface area (Å²) in [5, 5.41) is 8.98. The van der Waals surface area contributed by atoms with E-state index in [2.05, 4.69) is 11.0 Å². The molecule has 0 spiro atoms. The van der Waals surface area contributed by atoms with Crippen LogP contribution >= 0.6 is 0 Å². The Morgan fingerprint density at radius 1 is 1.38 bits per heavy atom. The average molecular weight is 289 g/mol. The van der Waals surface area contributed by atoms with E-state index in [-0.39, 0.29) is 12.0 Å². The van der Waals surface area contributed by atoms with Crippen molar-refractivity contribution < 1.29 is 14.6 Å². The van der Waals surface area contributed by atoms with Gasteiger partial charge in [0.15, 0.2) is 0 Å². The summed E-state index contributed by atoms with van der Waals surface area (Å²) >= 11 is 0. The number of carboxylic acid groups (broad SMARTS) is 1. The lowest BCUT2D eigenvalue weighted by molar-refractivity contribution is -0.139. The van der Waals surface area contributed by atoms with Crippen molar-refractivity contribution in [3.05, 3.63) is 29.8 Å². The number of rotatable bonds is 6. The summed E-state index contributed by atoms with van der Waals surface area (Å²) in [7, 11) is 0. The predicted octanol–water partition coefficient (Wildman–Crippen LogP) is 2.63. The minimum absolute atomic E-state index is 0.0753. The smallest absolute Gasteiger partial charge is 0.306 e. The maximum Gasteiger partial charge on any atom is 0.306 e. The number of para-hydroxylation sites is 1. The molecule has 1 aliphatic heterocycles. The van der Waals surface area contributed by atoms with Crippen LogP contribution in [0.1, 0.15) is 25.8 Å². The van der Waals surface area contributed by atoms with E-state index in [4.69, 9.17) is 9.84 Å². The Bertz CT molecular complexity index is 523. The van der Waals surface area contributed by atoms with E-state index < -0.39 is 5.97 Å². The molecule has 0 bridgehead atoms. The Kier molecular flexibility index (Phi) is 3.89. The lowest BCUT2D eigenvalue weighted by Crippen LogP contribution is -2.47. The number of carboxylic acids is 1. The second-order valence-electron chi connectivity index (χ2n) is 6.57. The van der Waals surface area contributed by atoms with Crippen LogP contribution < -0.4 is 4.74 Å². The maximum absolute atomic E-state index is 10.9. The first-order chi connectivity index (χ1) is 10.0. The molecule has 1 N–H and O–H groups in total. The molecule has 0 amide bonds. The molecule has 1 saturated carbocycles. The Hall–Kier alpha value is -1.55. The van der Waals surface area contributed by atoms with E-state index >= 15 is 0 Å². The fourth-order valence-electron chi connectivity index (χ4n) is 3.27. The van der Waals surface area contributed by atoms with E-state index in [1.54, 1.807) is 0 Å². The molecule has 1 saturated heterocycles. The van der Waals surface area contributed by atoms with Gasteiger partial charge in [-0.05, 0) is 38.2 Å². The highest BCUT2D eigenvalue weighted by atomic mass is 16.5. The monoisotopic (exact) mass is 289 g/mol. The minimum Gasteiger partial charge on any atom is -0.491 e. The first kappa shape index (κ1) is 14.4. The Morgan fingerprint density at radius 3 is 2.71 bits per heavy atom. The summed E-state index contributed by atoms with van der Waals surface area (Å²) in [6, 6.07) is 8.18. The average Bonchev–Trinajstić information content (AvgIpc) is 3.14. The van der Waals surface area contributed by atoms with Crippen LogP contribution in [0.3, 0.4) is 0 Å². The van der Waals surface area contributed by atoms with Gasteiger partial charge in [-0.3, -0.25) is 9.69 Å². The third-order valence-electron chi connectivity index (χ3n) is 4.48. The van der Waals surface area contributed by atoms with Crippen LogP contribution in [0, 0.1) is 17.8 Å². The van der Waals surface area contributed by atoms with Crippen molar-refractivity contribution >= 4 is 5.97 Å². The molecular formula is C17H23NO3. The number of ether oxygens (including phenoxy) is 1. The van der Waals surface area contributed by atoms with E-state index in [1.807, 2.05) is 32.0 Å². The number of carbonyl (C=O) groups is 1. The maximum atomic E-state index is 10.9. The number of benzene rings is 1. The molecule has 1 aliphatic carbocycles. The second-order valence-corrected chi connectivity index (χ2v) is 6.57. The predicted molar refractivity (Wildman–Crippen MR) is 80.2 cm³/mol. The van der Waals surface area contributed by atoms with Crippen LogP contribution in [-0.2, 0) is 11.3 Å². The van der Waals surface area contributed by atoms with Gasteiger partial charge in [0.05, 0.1) is 12.0 Å². The van der Waals surface area contributed by atoms with Gasteiger partial charge in [0, 0.05) is 25.2 Å². The highest BCUT2D eigenvalue weighted by molar-refractivity contribution is 5.73. The van der Waals surface area contributed by atoms with Crippen LogP contribution in [-0.4, -0.2) is 35.2 Å². The quantitative estimate of drug-likeness (QED) is 0.874. The lowest BCUT2D eigenvalue weighted by atomic mass is 9.92. The van der Waals surface area contributed by atoms with E-state index in [0.717, 1.165) is 31.8 Å². The van der Waals surface area contributed by atoms with Crippen LogP contribution in [0.15, 0.2) is 24.3 Å². The van der Waals surface area contributed by atoms with Crippen molar-refractivity contribution in [2.24, 2.45) is 17.8 Å². The molecule has 4 heteroatoms. The highest BCUT2D eigenvalue weighted by Gasteiger charge is 2.51. The van der Waals surface area contributed by atoms with Gasteiger partial charge in [-0.2, -0.15) is 0 Å². The topological polar surface area (TPSA) is 49.8 Å². The Morgan fingerprint density at radius 2 is 2.10 bits per heavy atom. The molecule has 4 nitrogen and oxygen atoms in total. The summed E-state index contributed by atoms with van der Waals surface area (Å²) < 4.78 is 5.85. The zero-order valence-corrected chi connectivity index (χ0v) is 12.7. The van der Waals surface area contributed by atoms with Crippen molar-refractivity contribution in [1.82, 2.24) is 4.90 Å². The van der Waals surface area contributed by atoms with Crippen molar-refractivity contribution in [2.45, 2.75) is 32.9 Å². The van der Waals surface area contributed by atoms with Gasteiger partial charge < -0.3 is 9.84 Å². The first-order valence-corrected chi connectivity index (χ1v) is 7.74. The van der Waals surface area contributed by atoms with Gasteiger partial charge in [0.1, 0.15) is 5.75 Å². The fourth-order valence-corrected chi connectivity index (χ4v) is 3.27. The van der Waals surface area contributed by atoms with Gasteiger partial charge >= 0.3 is 5.97 Å². The Balaban J connectivity index is 1.52. The summed E-state index contributed by atoms with van der Waals surface area (Å²) in [5.41, 5.74) is 1.22. The zero-order chi connectivity index (χ0) is 15.0. The van der Waals surface area contributed by atoms with Gasteiger partial charge in [0.2, 0.25) is 0 Å². The van der Waals surface area contributed by atoms with Crippen molar-refractivity contribution in [2.75, 3.05) is 13.1 Å². The highest BCUT2D eigenvalue weighted by Crippen LogP contribution is 2.47. The molecule has 0 unspecified atom stereocenters. The number of hydrogen-bond acceptors (Lipinski definition) is 3. The zero-order valence-electron chi connectivity index (χ0n) is 12.7. The van der Waals surface area contributed by atoms with Crippen molar-refractivity contribution in [3.63, 3.8) is 0 Å². The number of likely N-dealkylation sites (tertiary alicyclic amines) is 1. The second kappa shape index (κ2) is 5.68. The van der Waals surface area contributed by atoms with Gasteiger partial charge in [-0.1, -0.05) is 18.2 Å². The molecule has 0 aromatic heterocycles. The molecule has 3 rings (SSSR count). The summed E-state index contributed by atoms with van der Waals surface area (Å²) in [5.74, 6) is 1.26. The third kappa shape index (κ3) is 3.21. The van der Waals surface area contributed by atoms with Crippen LogP contribution in [0.4, 0.5) is 0 Å². The third-order valence-corrected chi connectivity index (χ3v) is 4.48. The van der Waals surface area contributed by atoms with E-state index in [0.29, 0.717) is 11.8 Å². The Labute approximate surface area is 125 Å². The molecular weight excluding hydrogens is 266 g/mol. The van der Waals surface area contributed by atoms with Crippen LogP contribution in [0.2, 0.25) is 0 Å². The molecule has 2 aliphatic rings. The number of aliphatic carboxylic acids is 1. The molecule has 1 heterocycles. The fraction of sp³-hybridized carbons (Fsp3) is 0.588. The number of nitrogens with zero attached hydrogens (tertiary/aromatic N) is 1. The van der Waals surface area contributed by atoms with Crippen molar-refractivity contribution in [3.8, 4) is 5.75 Å². The minimum atomic E-state index is -0.617. The largest absolute Gasteiger partial charge is 0.491 e.